The fourth-order valence-electron chi connectivity index (χ4n) is 1.18. The van der Waals surface area contributed by atoms with E-state index in [0.29, 0.717) is 19.3 Å². The molecular weight excluding hydrogens is 182 g/mol. The summed E-state index contributed by atoms with van der Waals surface area (Å²) < 4.78 is 4.63. The Bertz CT molecular complexity index is 202. The minimum Gasteiger partial charge on any atom is -0.469 e. The molecule has 0 bridgehead atoms. The first-order chi connectivity index (χ1) is 6.52. The molecule has 14 heavy (non-hydrogen) atoms. The van der Waals surface area contributed by atoms with Gasteiger partial charge in [-0.3, -0.25) is 9.59 Å². The summed E-state index contributed by atoms with van der Waals surface area (Å²) >= 11 is 0. The van der Waals surface area contributed by atoms with Crippen molar-refractivity contribution in [1.29, 1.82) is 0 Å². The lowest BCUT2D eigenvalue weighted by molar-refractivity contribution is -0.146. The predicted molar refractivity (Wildman–Crippen MR) is 53.7 cm³/mol. The Hall–Kier alpha value is -1.06. The Balaban J connectivity index is 3.96. The van der Waals surface area contributed by atoms with Gasteiger partial charge in [0.05, 0.1) is 13.0 Å². The lowest BCUT2D eigenvalue weighted by Crippen LogP contribution is -2.24. The molecule has 0 aromatic heterocycles. The summed E-state index contributed by atoms with van der Waals surface area (Å²) in [4.78, 5) is 24.0. The molecule has 0 saturated carbocycles. The Morgan fingerprint density at radius 1 is 1.36 bits per heavy atom. The number of esters is 1. The number of nitrogens with zero attached hydrogens (tertiary/aromatic N) is 1. The second-order valence-corrected chi connectivity index (χ2v) is 3.46. The molecule has 0 aliphatic carbocycles. The van der Waals surface area contributed by atoms with Crippen molar-refractivity contribution in [3.8, 4) is 0 Å². The number of amides is 1. The number of rotatable bonds is 5. The first-order valence-electron chi connectivity index (χ1n) is 4.80. The first kappa shape index (κ1) is 12.9. The maximum absolute atomic E-state index is 11.2. The molecule has 0 aliphatic rings. The zero-order valence-corrected chi connectivity index (χ0v) is 9.37. The van der Waals surface area contributed by atoms with Gasteiger partial charge < -0.3 is 9.64 Å². The maximum atomic E-state index is 11.2. The Morgan fingerprint density at radius 3 is 2.29 bits per heavy atom. The molecule has 0 heterocycles. The normalized spacial score (nSPS) is 12.0. The van der Waals surface area contributed by atoms with Crippen LogP contribution in [0.1, 0.15) is 26.2 Å². The highest BCUT2D eigenvalue weighted by atomic mass is 16.5. The molecule has 1 atom stereocenters. The molecule has 1 unspecified atom stereocenters. The van der Waals surface area contributed by atoms with Crippen molar-refractivity contribution in [3.63, 3.8) is 0 Å². The van der Waals surface area contributed by atoms with Gasteiger partial charge in [-0.2, -0.15) is 0 Å². The van der Waals surface area contributed by atoms with Crippen LogP contribution in [-0.4, -0.2) is 38.0 Å². The van der Waals surface area contributed by atoms with E-state index in [2.05, 4.69) is 4.74 Å². The van der Waals surface area contributed by atoms with Crippen LogP contribution in [0.4, 0.5) is 0 Å². The van der Waals surface area contributed by atoms with Crippen LogP contribution in [0.2, 0.25) is 0 Å². The number of carbonyl (C=O) groups excluding carboxylic acids is 2. The standard InChI is InChI=1S/C10H19NO3/c1-5-8(10(13)14-4)6-7-9(12)11(2)3/h8H,5-7H2,1-4H3. The highest BCUT2D eigenvalue weighted by molar-refractivity contribution is 5.77. The minimum absolute atomic E-state index is 0.0485. The van der Waals surface area contributed by atoms with Gasteiger partial charge in [0, 0.05) is 20.5 Å². The SMILES string of the molecule is CCC(CCC(=O)N(C)C)C(=O)OC. The van der Waals surface area contributed by atoms with Gasteiger partial charge in [0.25, 0.3) is 0 Å². The Kier molecular flexibility index (Phi) is 5.92. The smallest absolute Gasteiger partial charge is 0.308 e. The average molecular weight is 201 g/mol. The summed E-state index contributed by atoms with van der Waals surface area (Å²) in [6.07, 6.45) is 1.69. The van der Waals surface area contributed by atoms with E-state index < -0.39 is 0 Å². The van der Waals surface area contributed by atoms with E-state index >= 15 is 0 Å². The Labute approximate surface area is 85.2 Å². The highest BCUT2D eigenvalue weighted by Gasteiger charge is 2.18. The average Bonchev–Trinajstić information content (AvgIpc) is 2.17. The van der Waals surface area contributed by atoms with Gasteiger partial charge in [-0.1, -0.05) is 6.92 Å². The van der Waals surface area contributed by atoms with Gasteiger partial charge >= 0.3 is 5.97 Å². The summed E-state index contributed by atoms with van der Waals surface area (Å²) in [7, 11) is 4.79. The van der Waals surface area contributed by atoms with Crippen LogP contribution in [0.3, 0.4) is 0 Å². The third-order valence-electron chi connectivity index (χ3n) is 2.23. The molecule has 4 heteroatoms. The van der Waals surface area contributed by atoms with Crippen LogP contribution < -0.4 is 0 Å². The minimum atomic E-state index is -0.223. The topological polar surface area (TPSA) is 46.6 Å². The van der Waals surface area contributed by atoms with Gasteiger partial charge in [-0.05, 0) is 12.8 Å². The molecule has 0 saturated heterocycles. The fraction of sp³-hybridized carbons (Fsp3) is 0.800. The second kappa shape index (κ2) is 6.40. The van der Waals surface area contributed by atoms with Crippen LogP contribution in [0.25, 0.3) is 0 Å². The van der Waals surface area contributed by atoms with Crippen molar-refractivity contribution in [2.24, 2.45) is 5.92 Å². The second-order valence-electron chi connectivity index (χ2n) is 3.46. The number of hydrogen-bond acceptors (Lipinski definition) is 3. The number of carbonyl (C=O) groups is 2. The predicted octanol–water partition coefficient (Wildman–Crippen LogP) is 1.05. The van der Waals surface area contributed by atoms with Crippen molar-refractivity contribution < 1.29 is 14.3 Å². The van der Waals surface area contributed by atoms with Crippen LogP contribution >= 0.6 is 0 Å². The molecule has 0 rings (SSSR count). The third kappa shape index (κ3) is 4.25. The van der Waals surface area contributed by atoms with E-state index in [1.165, 1.54) is 12.0 Å². The zero-order valence-electron chi connectivity index (χ0n) is 9.37. The van der Waals surface area contributed by atoms with Gasteiger partial charge in [-0.15, -0.1) is 0 Å². The van der Waals surface area contributed by atoms with E-state index in [1.807, 2.05) is 6.92 Å². The third-order valence-corrected chi connectivity index (χ3v) is 2.23. The summed E-state index contributed by atoms with van der Waals surface area (Å²) in [5, 5.41) is 0. The van der Waals surface area contributed by atoms with E-state index in [4.69, 9.17) is 0 Å². The summed E-state index contributed by atoms with van der Waals surface area (Å²) in [6.45, 7) is 1.92. The van der Waals surface area contributed by atoms with Crippen molar-refractivity contribution in [2.75, 3.05) is 21.2 Å². The van der Waals surface area contributed by atoms with Crippen LogP contribution in [0, 0.1) is 5.92 Å². The van der Waals surface area contributed by atoms with Gasteiger partial charge in [0.15, 0.2) is 0 Å². The van der Waals surface area contributed by atoms with Crippen LogP contribution in [0.5, 0.6) is 0 Å². The van der Waals surface area contributed by atoms with E-state index in [9.17, 15) is 9.59 Å². The highest BCUT2D eigenvalue weighted by Crippen LogP contribution is 2.13. The first-order valence-corrected chi connectivity index (χ1v) is 4.80. The van der Waals surface area contributed by atoms with E-state index in [-0.39, 0.29) is 17.8 Å². The molecule has 0 fully saturated rings. The van der Waals surface area contributed by atoms with Crippen molar-refractivity contribution >= 4 is 11.9 Å². The van der Waals surface area contributed by atoms with Crippen LogP contribution in [0.15, 0.2) is 0 Å². The lowest BCUT2D eigenvalue weighted by Gasteiger charge is -2.14. The fourth-order valence-corrected chi connectivity index (χ4v) is 1.18. The molecule has 0 radical (unpaired) electrons. The summed E-state index contributed by atoms with van der Waals surface area (Å²) in [5.41, 5.74) is 0. The lowest BCUT2D eigenvalue weighted by atomic mass is 10.0. The molecule has 4 nitrogen and oxygen atoms in total. The van der Waals surface area contributed by atoms with Crippen molar-refractivity contribution in [1.82, 2.24) is 4.90 Å². The largest absolute Gasteiger partial charge is 0.469 e. The molecular formula is C10H19NO3. The number of hydrogen-bond donors (Lipinski definition) is 0. The van der Waals surface area contributed by atoms with Crippen LogP contribution in [-0.2, 0) is 14.3 Å². The zero-order chi connectivity index (χ0) is 11.1. The Morgan fingerprint density at radius 2 is 1.93 bits per heavy atom. The number of ether oxygens (including phenoxy) is 1. The van der Waals surface area contributed by atoms with E-state index in [1.54, 1.807) is 14.1 Å². The van der Waals surface area contributed by atoms with Gasteiger partial charge in [0.2, 0.25) is 5.91 Å². The van der Waals surface area contributed by atoms with Gasteiger partial charge in [0.1, 0.15) is 0 Å². The monoisotopic (exact) mass is 201 g/mol. The quantitative estimate of drug-likeness (QED) is 0.625. The number of methoxy groups -OCH3 is 1. The molecule has 0 spiro atoms. The van der Waals surface area contributed by atoms with Gasteiger partial charge in [-0.25, -0.2) is 0 Å². The molecule has 0 aliphatic heterocycles. The molecule has 1 amide bonds. The maximum Gasteiger partial charge on any atom is 0.308 e. The summed E-state index contributed by atoms with van der Waals surface area (Å²) in [5.74, 6) is -0.324. The summed E-state index contributed by atoms with van der Waals surface area (Å²) in [6, 6.07) is 0. The van der Waals surface area contributed by atoms with Crippen molar-refractivity contribution in [2.45, 2.75) is 26.2 Å². The molecule has 0 N–H and O–H groups in total. The molecule has 0 aromatic rings. The van der Waals surface area contributed by atoms with Crippen molar-refractivity contribution in [3.05, 3.63) is 0 Å². The van der Waals surface area contributed by atoms with E-state index in [0.717, 1.165) is 0 Å². The molecule has 82 valence electrons. The molecule has 0 aromatic carbocycles.